The third-order valence-electron chi connectivity index (χ3n) is 3.86. The zero-order valence-corrected chi connectivity index (χ0v) is 18.0. The number of aliphatic imine (C=N–C) groups is 1. The summed E-state index contributed by atoms with van der Waals surface area (Å²) in [6.07, 6.45) is 0. The summed E-state index contributed by atoms with van der Waals surface area (Å²) in [5.74, 6) is -0.168. The standard InChI is InChI=1S/C22H13Cl2NO2S2/c23-15-6-10-17(11-7-15)28-22(29-18-12-8-16(24)9-13-18)19-21(26)27-20(25-19)14-4-2-1-3-5-14/h1-13H. The van der Waals surface area contributed by atoms with Crippen LogP contribution in [0.25, 0.3) is 0 Å². The van der Waals surface area contributed by atoms with E-state index in [9.17, 15) is 4.79 Å². The smallest absolute Gasteiger partial charge is 0.365 e. The Morgan fingerprint density at radius 2 is 1.28 bits per heavy atom. The van der Waals surface area contributed by atoms with Gasteiger partial charge in [-0.3, -0.25) is 0 Å². The number of nitrogens with zero attached hydrogens (tertiary/aromatic N) is 1. The van der Waals surface area contributed by atoms with E-state index in [1.54, 1.807) is 0 Å². The third-order valence-corrected chi connectivity index (χ3v) is 6.64. The maximum absolute atomic E-state index is 12.6. The van der Waals surface area contributed by atoms with Crippen molar-refractivity contribution in [1.82, 2.24) is 0 Å². The van der Waals surface area contributed by atoms with E-state index in [0.29, 0.717) is 20.2 Å². The molecular formula is C22H13Cl2NO2S2. The first-order valence-electron chi connectivity index (χ1n) is 8.56. The number of thioether (sulfide) groups is 2. The molecule has 3 nitrogen and oxygen atoms in total. The predicted octanol–water partition coefficient (Wildman–Crippen LogP) is 7.05. The molecule has 0 fully saturated rings. The minimum absolute atomic E-state index is 0.281. The molecule has 0 amide bonds. The van der Waals surface area contributed by atoms with E-state index in [0.717, 1.165) is 15.4 Å². The summed E-state index contributed by atoms with van der Waals surface area (Å²) in [6.45, 7) is 0. The lowest BCUT2D eigenvalue weighted by molar-refractivity contribution is -0.130. The number of halogens is 2. The van der Waals surface area contributed by atoms with Crippen molar-refractivity contribution in [3.8, 4) is 0 Å². The molecule has 0 atom stereocenters. The topological polar surface area (TPSA) is 38.7 Å². The summed E-state index contributed by atoms with van der Waals surface area (Å²) in [6, 6.07) is 24.2. The molecule has 0 saturated heterocycles. The largest absolute Gasteiger partial charge is 0.402 e. The van der Waals surface area contributed by atoms with Crippen molar-refractivity contribution >= 4 is 58.6 Å². The van der Waals surface area contributed by atoms with E-state index >= 15 is 0 Å². The number of ether oxygens (including phenoxy) is 1. The lowest BCUT2D eigenvalue weighted by Gasteiger charge is -2.08. The minimum atomic E-state index is -0.471. The lowest BCUT2D eigenvalue weighted by Crippen LogP contribution is -2.05. The van der Waals surface area contributed by atoms with Crippen LogP contribution in [0.15, 0.2) is 104 Å². The molecule has 0 radical (unpaired) electrons. The maximum atomic E-state index is 12.6. The fourth-order valence-corrected chi connectivity index (χ4v) is 4.90. The van der Waals surface area contributed by atoms with Gasteiger partial charge in [-0.25, -0.2) is 9.79 Å². The highest BCUT2D eigenvalue weighted by Gasteiger charge is 2.28. The van der Waals surface area contributed by atoms with Gasteiger partial charge in [-0.05, 0) is 60.7 Å². The second-order valence-electron chi connectivity index (χ2n) is 5.92. The van der Waals surface area contributed by atoms with Crippen LogP contribution in [0.5, 0.6) is 0 Å². The number of rotatable bonds is 5. The quantitative estimate of drug-likeness (QED) is 0.233. The van der Waals surface area contributed by atoms with Crippen molar-refractivity contribution in [2.75, 3.05) is 0 Å². The van der Waals surface area contributed by atoms with Crippen LogP contribution in [0, 0.1) is 0 Å². The number of benzene rings is 3. The predicted molar refractivity (Wildman–Crippen MR) is 121 cm³/mol. The highest BCUT2D eigenvalue weighted by Crippen LogP contribution is 2.43. The molecule has 0 bridgehead atoms. The van der Waals surface area contributed by atoms with Gasteiger partial charge in [0.05, 0.1) is 4.24 Å². The van der Waals surface area contributed by atoms with E-state index in [4.69, 9.17) is 27.9 Å². The second-order valence-corrected chi connectivity index (χ2v) is 9.22. The first kappa shape index (κ1) is 20.1. The van der Waals surface area contributed by atoms with E-state index in [-0.39, 0.29) is 5.70 Å². The summed E-state index contributed by atoms with van der Waals surface area (Å²) in [5.41, 5.74) is 1.03. The minimum Gasteiger partial charge on any atom is -0.402 e. The summed E-state index contributed by atoms with van der Waals surface area (Å²) >= 11 is 14.9. The number of hydrogen-bond donors (Lipinski definition) is 0. The molecule has 4 rings (SSSR count). The molecular weight excluding hydrogens is 445 g/mol. The van der Waals surface area contributed by atoms with Crippen molar-refractivity contribution in [3.63, 3.8) is 0 Å². The Bertz CT molecular complexity index is 1050. The first-order valence-corrected chi connectivity index (χ1v) is 10.9. The van der Waals surface area contributed by atoms with Gasteiger partial charge in [-0.2, -0.15) is 0 Å². The summed E-state index contributed by atoms with van der Waals surface area (Å²) in [5, 5.41) is 1.30. The Hall–Kier alpha value is -2.18. The summed E-state index contributed by atoms with van der Waals surface area (Å²) < 4.78 is 6.15. The van der Waals surface area contributed by atoms with E-state index in [1.165, 1.54) is 23.5 Å². The number of hydrogen-bond acceptors (Lipinski definition) is 5. The third kappa shape index (κ3) is 5.06. The Morgan fingerprint density at radius 3 is 1.79 bits per heavy atom. The Balaban J connectivity index is 1.73. The van der Waals surface area contributed by atoms with Gasteiger partial charge in [0.1, 0.15) is 0 Å². The average Bonchev–Trinajstić information content (AvgIpc) is 3.13. The van der Waals surface area contributed by atoms with Crippen LogP contribution >= 0.6 is 46.7 Å². The first-order chi connectivity index (χ1) is 14.1. The van der Waals surface area contributed by atoms with Crippen LogP contribution in [-0.2, 0) is 9.53 Å². The Morgan fingerprint density at radius 1 is 0.759 bits per heavy atom. The molecule has 0 unspecified atom stereocenters. The van der Waals surface area contributed by atoms with Gasteiger partial charge in [0.25, 0.3) is 0 Å². The SMILES string of the molecule is O=C1OC(c2ccccc2)=NC1=C(Sc1ccc(Cl)cc1)Sc1ccc(Cl)cc1. The van der Waals surface area contributed by atoms with Crippen molar-refractivity contribution in [2.24, 2.45) is 4.99 Å². The van der Waals surface area contributed by atoms with E-state index in [2.05, 4.69) is 4.99 Å². The van der Waals surface area contributed by atoms with Crippen LogP contribution in [0.3, 0.4) is 0 Å². The number of cyclic esters (lactones) is 1. The van der Waals surface area contributed by atoms with Crippen LogP contribution in [-0.4, -0.2) is 11.9 Å². The van der Waals surface area contributed by atoms with Gasteiger partial charge >= 0.3 is 5.97 Å². The molecule has 144 valence electrons. The molecule has 3 aromatic carbocycles. The normalized spacial score (nSPS) is 13.2. The van der Waals surface area contributed by atoms with E-state index < -0.39 is 5.97 Å². The fourth-order valence-electron chi connectivity index (χ4n) is 2.48. The van der Waals surface area contributed by atoms with Gasteiger partial charge in [-0.15, -0.1) is 0 Å². The fraction of sp³-hybridized carbons (Fsp3) is 0. The van der Waals surface area contributed by atoms with Gasteiger partial charge in [0.2, 0.25) is 5.90 Å². The summed E-state index contributed by atoms with van der Waals surface area (Å²) in [4.78, 5) is 19.0. The van der Waals surface area contributed by atoms with Gasteiger partial charge in [-0.1, -0.05) is 64.9 Å². The molecule has 0 N–H and O–H groups in total. The molecule has 29 heavy (non-hydrogen) atoms. The van der Waals surface area contributed by atoms with Crippen LogP contribution in [0.1, 0.15) is 5.56 Å². The molecule has 1 aliphatic rings. The average molecular weight is 458 g/mol. The molecule has 3 aromatic rings. The van der Waals surface area contributed by atoms with E-state index in [1.807, 2.05) is 78.9 Å². The van der Waals surface area contributed by atoms with Crippen LogP contribution in [0.4, 0.5) is 0 Å². The summed E-state index contributed by atoms with van der Waals surface area (Å²) in [7, 11) is 0. The van der Waals surface area contributed by atoms with Gasteiger partial charge in [0.15, 0.2) is 5.70 Å². The zero-order valence-electron chi connectivity index (χ0n) is 14.8. The molecule has 0 aromatic heterocycles. The second kappa shape index (κ2) is 9.09. The Labute approximate surface area is 186 Å². The lowest BCUT2D eigenvalue weighted by atomic mass is 10.2. The number of carbonyl (C=O) groups excluding carboxylic acids is 1. The van der Waals surface area contributed by atoms with Crippen molar-refractivity contribution < 1.29 is 9.53 Å². The van der Waals surface area contributed by atoms with Gasteiger partial charge < -0.3 is 4.74 Å². The van der Waals surface area contributed by atoms with Crippen molar-refractivity contribution in [3.05, 3.63) is 104 Å². The highest BCUT2D eigenvalue weighted by molar-refractivity contribution is 8.22. The molecule has 0 spiro atoms. The van der Waals surface area contributed by atoms with Crippen molar-refractivity contribution in [1.29, 1.82) is 0 Å². The highest BCUT2D eigenvalue weighted by atomic mass is 35.5. The van der Waals surface area contributed by atoms with Crippen molar-refractivity contribution in [2.45, 2.75) is 9.79 Å². The molecule has 1 aliphatic heterocycles. The zero-order chi connectivity index (χ0) is 20.2. The van der Waals surface area contributed by atoms with Crippen LogP contribution < -0.4 is 0 Å². The van der Waals surface area contributed by atoms with Crippen LogP contribution in [0.2, 0.25) is 10.0 Å². The molecule has 7 heteroatoms. The monoisotopic (exact) mass is 457 g/mol. The van der Waals surface area contributed by atoms with Gasteiger partial charge in [0, 0.05) is 25.4 Å². The number of esters is 1. The molecule has 1 heterocycles. The number of carbonyl (C=O) groups is 1. The maximum Gasteiger partial charge on any atom is 0.365 e. The molecule has 0 saturated carbocycles. The molecule has 0 aliphatic carbocycles. The Kier molecular flexibility index (Phi) is 6.31.